The second-order valence-corrected chi connectivity index (χ2v) is 2.43. The summed E-state index contributed by atoms with van der Waals surface area (Å²) in [6.07, 6.45) is 2.60. The van der Waals surface area contributed by atoms with Gasteiger partial charge in [0, 0.05) is 39.0 Å². The van der Waals surface area contributed by atoms with E-state index in [0.29, 0.717) is 0 Å². The number of benzene rings is 1. The summed E-state index contributed by atoms with van der Waals surface area (Å²) in [5.41, 5.74) is 1.94. The number of fused-ring (bicyclic) bond motifs is 1. The number of aromatic nitrogens is 2. The SMILES string of the molecule is Cc1n[c-]nc2ccccc12.[Y]. The molecule has 0 N–H and O–H groups in total. The van der Waals surface area contributed by atoms with Crippen LogP contribution in [0.2, 0.25) is 0 Å². The Balaban J connectivity index is 0.000000720. The van der Waals surface area contributed by atoms with E-state index in [4.69, 9.17) is 0 Å². The molecule has 0 atom stereocenters. The van der Waals surface area contributed by atoms with Gasteiger partial charge in [0.15, 0.2) is 0 Å². The van der Waals surface area contributed by atoms with Crippen molar-refractivity contribution in [3.63, 3.8) is 0 Å². The van der Waals surface area contributed by atoms with Crippen LogP contribution in [-0.2, 0) is 32.7 Å². The zero-order valence-corrected chi connectivity index (χ0v) is 9.62. The quantitative estimate of drug-likeness (QED) is 0.646. The maximum absolute atomic E-state index is 4.01. The molecule has 0 bridgehead atoms. The first-order chi connectivity index (χ1) is 5.38. The average Bonchev–Trinajstić information content (AvgIpc) is 2.06. The van der Waals surface area contributed by atoms with E-state index in [9.17, 15) is 0 Å². The molecule has 2 nitrogen and oxygen atoms in total. The van der Waals surface area contributed by atoms with E-state index in [1.807, 2.05) is 31.2 Å². The van der Waals surface area contributed by atoms with Crippen LogP contribution in [0.3, 0.4) is 0 Å². The third-order valence-electron chi connectivity index (χ3n) is 1.68. The summed E-state index contributed by atoms with van der Waals surface area (Å²) in [6.45, 7) is 1.96. The number of rotatable bonds is 0. The van der Waals surface area contributed by atoms with Crippen molar-refractivity contribution in [3.05, 3.63) is 36.3 Å². The fourth-order valence-electron chi connectivity index (χ4n) is 1.09. The molecule has 3 heteroatoms. The summed E-state index contributed by atoms with van der Waals surface area (Å²) in [6, 6.07) is 7.92. The minimum atomic E-state index is 0. The van der Waals surface area contributed by atoms with Crippen molar-refractivity contribution >= 4 is 10.9 Å². The normalized spacial score (nSPS) is 9.42. The third-order valence-corrected chi connectivity index (χ3v) is 1.68. The third kappa shape index (κ3) is 1.70. The van der Waals surface area contributed by atoms with Gasteiger partial charge < -0.3 is 9.97 Å². The topological polar surface area (TPSA) is 25.8 Å². The zero-order valence-electron chi connectivity index (χ0n) is 6.78. The van der Waals surface area contributed by atoms with Crippen molar-refractivity contribution in [1.82, 2.24) is 9.97 Å². The van der Waals surface area contributed by atoms with Crippen LogP contribution >= 0.6 is 0 Å². The Morgan fingerprint density at radius 1 is 1.17 bits per heavy atom. The number of aryl methyl sites for hydroxylation is 1. The molecule has 2 aromatic rings. The van der Waals surface area contributed by atoms with Crippen molar-refractivity contribution in [2.75, 3.05) is 0 Å². The molecular weight excluding hydrogens is 225 g/mol. The molecule has 0 aliphatic heterocycles. The monoisotopic (exact) mass is 232 g/mol. The minimum Gasteiger partial charge on any atom is -0.370 e. The second-order valence-electron chi connectivity index (χ2n) is 2.43. The molecule has 0 aliphatic carbocycles. The van der Waals surface area contributed by atoms with Crippen LogP contribution in [0.25, 0.3) is 10.9 Å². The summed E-state index contributed by atoms with van der Waals surface area (Å²) >= 11 is 0. The van der Waals surface area contributed by atoms with Gasteiger partial charge in [0.05, 0.1) is 0 Å². The predicted molar refractivity (Wildman–Crippen MR) is 43.1 cm³/mol. The van der Waals surface area contributed by atoms with E-state index >= 15 is 0 Å². The smallest absolute Gasteiger partial charge is 0.0222 e. The first-order valence-corrected chi connectivity index (χ1v) is 3.47. The Morgan fingerprint density at radius 3 is 2.67 bits per heavy atom. The summed E-state index contributed by atoms with van der Waals surface area (Å²) in [7, 11) is 0. The van der Waals surface area contributed by atoms with Gasteiger partial charge in [-0.3, -0.25) is 0 Å². The Morgan fingerprint density at radius 2 is 1.92 bits per heavy atom. The molecule has 1 radical (unpaired) electrons. The second kappa shape index (κ2) is 4.06. The van der Waals surface area contributed by atoms with Gasteiger partial charge in [-0.25, -0.2) is 0 Å². The van der Waals surface area contributed by atoms with E-state index in [-0.39, 0.29) is 32.7 Å². The molecule has 57 valence electrons. The first-order valence-electron chi connectivity index (χ1n) is 3.47. The maximum Gasteiger partial charge on any atom is 0.0222 e. The Hall–Kier alpha value is -0.336. The largest absolute Gasteiger partial charge is 0.370 e. The summed E-state index contributed by atoms with van der Waals surface area (Å²) < 4.78 is 0. The molecule has 0 fully saturated rings. The van der Waals surface area contributed by atoms with Gasteiger partial charge in [-0.2, -0.15) is 0 Å². The maximum atomic E-state index is 4.01. The molecule has 0 saturated heterocycles. The molecule has 0 amide bonds. The van der Waals surface area contributed by atoms with Crippen LogP contribution in [0.5, 0.6) is 0 Å². The van der Waals surface area contributed by atoms with Crippen molar-refractivity contribution in [2.24, 2.45) is 0 Å². The molecule has 1 aromatic carbocycles. The Labute approximate surface area is 96.3 Å². The van der Waals surface area contributed by atoms with Crippen LogP contribution in [0.4, 0.5) is 0 Å². The van der Waals surface area contributed by atoms with E-state index in [2.05, 4.69) is 16.3 Å². The van der Waals surface area contributed by atoms with Gasteiger partial charge in [-0.05, 0) is 5.52 Å². The first kappa shape index (κ1) is 9.75. The molecule has 0 spiro atoms. The van der Waals surface area contributed by atoms with Crippen molar-refractivity contribution in [2.45, 2.75) is 6.92 Å². The molecule has 2 rings (SSSR count). The van der Waals surface area contributed by atoms with Crippen LogP contribution in [0, 0.1) is 13.3 Å². The van der Waals surface area contributed by atoms with Gasteiger partial charge in [-0.15, -0.1) is 0 Å². The summed E-state index contributed by atoms with van der Waals surface area (Å²) in [5.74, 6) is 0. The van der Waals surface area contributed by atoms with Crippen molar-refractivity contribution < 1.29 is 32.7 Å². The van der Waals surface area contributed by atoms with Crippen LogP contribution in [0.1, 0.15) is 5.69 Å². The van der Waals surface area contributed by atoms with Gasteiger partial charge in [-0.1, -0.05) is 42.3 Å². The van der Waals surface area contributed by atoms with Crippen LogP contribution in [0.15, 0.2) is 24.3 Å². The number of para-hydroxylation sites is 1. The molecule has 1 heterocycles. The molecular formula is C9H7N2Y-. The van der Waals surface area contributed by atoms with Crippen LogP contribution in [-0.4, -0.2) is 9.97 Å². The van der Waals surface area contributed by atoms with Gasteiger partial charge in [0.2, 0.25) is 0 Å². The fourth-order valence-corrected chi connectivity index (χ4v) is 1.09. The van der Waals surface area contributed by atoms with Crippen LogP contribution < -0.4 is 0 Å². The van der Waals surface area contributed by atoms with Crippen molar-refractivity contribution in [3.8, 4) is 0 Å². The zero-order chi connectivity index (χ0) is 7.68. The van der Waals surface area contributed by atoms with Crippen molar-refractivity contribution in [1.29, 1.82) is 0 Å². The minimum absolute atomic E-state index is 0. The Bertz CT molecular complexity index is 382. The average molecular weight is 232 g/mol. The van der Waals surface area contributed by atoms with E-state index in [1.165, 1.54) is 0 Å². The Kier molecular flexibility index (Phi) is 3.30. The van der Waals surface area contributed by atoms with E-state index < -0.39 is 0 Å². The molecule has 0 aliphatic rings. The van der Waals surface area contributed by atoms with E-state index in [1.54, 1.807) is 0 Å². The predicted octanol–water partition coefficient (Wildman–Crippen LogP) is 1.74. The van der Waals surface area contributed by atoms with Gasteiger partial charge >= 0.3 is 0 Å². The summed E-state index contributed by atoms with van der Waals surface area (Å²) in [4.78, 5) is 7.98. The molecule has 12 heavy (non-hydrogen) atoms. The molecule has 0 saturated carbocycles. The molecule has 1 aromatic heterocycles. The number of nitrogens with zero attached hydrogens (tertiary/aromatic N) is 2. The number of hydrogen-bond acceptors (Lipinski definition) is 2. The standard InChI is InChI=1S/C9H7N2.Y/c1-7-8-4-2-3-5-9(8)11-6-10-7;/h2-5H,1H3;/q-1;. The fraction of sp³-hybridized carbons (Fsp3) is 0.111. The number of hydrogen-bond donors (Lipinski definition) is 0. The van der Waals surface area contributed by atoms with E-state index in [0.717, 1.165) is 16.6 Å². The van der Waals surface area contributed by atoms with Gasteiger partial charge in [0.1, 0.15) is 0 Å². The molecule has 0 unspecified atom stereocenters. The summed E-state index contributed by atoms with van der Waals surface area (Å²) in [5, 5.41) is 1.10. The van der Waals surface area contributed by atoms with Gasteiger partial charge in [0.25, 0.3) is 0 Å².